The number of carbonyl (C=O) groups is 1. The minimum atomic E-state index is 0.0410. The predicted octanol–water partition coefficient (Wildman–Crippen LogP) is 3.53. The van der Waals surface area contributed by atoms with Crippen LogP contribution in [0.3, 0.4) is 0 Å². The molecule has 1 aliphatic carbocycles. The van der Waals surface area contributed by atoms with Crippen molar-refractivity contribution in [3.05, 3.63) is 51.7 Å². The van der Waals surface area contributed by atoms with Crippen LogP contribution in [-0.4, -0.2) is 11.9 Å². The van der Waals surface area contributed by atoms with E-state index in [-0.39, 0.29) is 5.91 Å². The van der Waals surface area contributed by atoms with Gasteiger partial charge in [-0.2, -0.15) is 0 Å². The van der Waals surface area contributed by atoms with Gasteiger partial charge in [-0.05, 0) is 48.9 Å². The highest BCUT2D eigenvalue weighted by molar-refractivity contribution is 7.12. The van der Waals surface area contributed by atoms with Crippen LogP contribution in [0.1, 0.15) is 33.6 Å². The molecule has 0 atom stereocenters. The lowest BCUT2D eigenvalue weighted by Crippen LogP contribution is -2.24. The lowest BCUT2D eigenvalue weighted by Gasteiger charge is -2.05. The highest BCUT2D eigenvalue weighted by atomic mass is 32.1. The third-order valence-electron chi connectivity index (χ3n) is 3.19. The van der Waals surface area contributed by atoms with E-state index < -0.39 is 0 Å². The number of thiophene rings is 1. The van der Waals surface area contributed by atoms with Crippen LogP contribution in [0.2, 0.25) is 0 Å². The van der Waals surface area contributed by atoms with Crippen LogP contribution in [0.4, 0.5) is 0 Å². The Morgan fingerprint density at radius 1 is 1.40 bits per heavy atom. The average molecular weight is 287 g/mol. The highest BCUT2D eigenvalue weighted by Crippen LogP contribution is 2.22. The number of ether oxygens (including phenoxy) is 1. The minimum Gasteiger partial charge on any atom is -0.489 e. The van der Waals surface area contributed by atoms with Crippen LogP contribution in [0, 0.1) is 6.92 Å². The summed E-state index contributed by atoms with van der Waals surface area (Å²) in [6.45, 7) is 2.54. The molecule has 20 heavy (non-hydrogen) atoms. The molecule has 1 aliphatic rings. The molecule has 2 aromatic rings. The van der Waals surface area contributed by atoms with Gasteiger partial charge >= 0.3 is 0 Å². The van der Waals surface area contributed by atoms with Crippen molar-refractivity contribution < 1.29 is 9.53 Å². The fourth-order valence-electron chi connectivity index (χ4n) is 1.93. The summed E-state index contributed by atoms with van der Waals surface area (Å²) in [5.74, 6) is 0.902. The van der Waals surface area contributed by atoms with E-state index in [0.29, 0.717) is 12.6 Å². The normalized spacial score (nSPS) is 14.1. The smallest absolute Gasteiger partial charge is 0.261 e. The Morgan fingerprint density at radius 3 is 3.00 bits per heavy atom. The van der Waals surface area contributed by atoms with E-state index in [1.807, 2.05) is 42.6 Å². The van der Waals surface area contributed by atoms with Gasteiger partial charge in [-0.15, -0.1) is 11.3 Å². The minimum absolute atomic E-state index is 0.0410. The van der Waals surface area contributed by atoms with Crippen LogP contribution in [-0.2, 0) is 6.61 Å². The highest BCUT2D eigenvalue weighted by Gasteiger charge is 2.24. The van der Waals surface area contributed by atoms with Gasteiger partial charge in [-0.25, -0.2) is 0 Å². The van der Waals surface area contributed by atoms with Gasteiger partial charge in [-0.3, -0.25) is 4.79 Å². The van der Waals surface area contributed by atoms with Crippen molar-refractivity contribution in [1.82, 2.24) is 5.32 Å². The van der Waals surface area contributed by atoms with Crippen LogP contribution in [0.25, 0.3) is 0 Å². The summed E-state index contributed by atoms with van der Waals surface area (Å²) in [6.07, 6.45) is 2.22. The molecule has 0 saturated heterocycles. The molecule has 1 amide bonds. The Balaban J connectivity index is 1.58. The monoisotopic (exact) mass is 287 g/mol. The van der Waals surface area contributed by atoms with Crippen molar-refractivity contribution in [3.63, 3.8) is 0 Å². The van der Waals surface area contributed by atoms with Crippen molar-refractivity contribution in [2.24, 2.45) is 0 Å². The van der Waals surface area contributed by atoms with Crippen molar-refractivity contribution in [2.75, 3.05) is 0 Å². The average Bonchev–Trinajstić information content (AvgIpc) is 3.11. The summed E-state index contributed by atoms with van der Waals surface area (Å²) in [6, 6.07) is 10.3. The summed E-state index contributed by atoms with van der Waals surface area (Å²) >= 11 is 1.47. The molecule has 1 fully saturated rings. The summed E-state index contributed by atoms with van der Waals surface area (Å²) in [5, 5.41) is 4.98. The fourth-order valence-corrected chi connectivity index (χ4v) is 2.73. The Kier molecular flexibility index (Phi) is 3.74. The van der Waals surface area contributed by atoms with E-state index in [2.05, 4.69) is 5.32 Å². The Labute approximate surface area is 122 Å². The molecular formula is C16H17NO2S. The summed E-state index contributed by atoms with van der Waals surface area (Å²) in [4.78, 5) is 12.6. The van der Waals surface area contributed by atoms with Gasteiger partial charge in [0.25, 0.3) is 5.91 Å². The van der Waals surface area contributed by atoms with Crippen LogP contribution < -0.4 is 10.1 Å². The first-order valence-corrected chi connectivity index (χ1v) is 7.66. The maximum absolute atomic E-state index is 11.9. The number of aryl methyl sites for hydroxylation is 1. The summed E-state index contributed by atoms with van der Waals surface area (Å²) < 4.78 is 5.73. The SMILES string of the molecule is Cc1cccc(OCc2csc(C(=O)NC3CC3)c2)c1. The quantitative estimate of drug-likeness (QED) is 0.913. The third kappa shape index (κ3) is 3.39. The number of nitrogens with one attached hydrogen (secondary N) is 1. The summed E-state index contributed by atoms with van der Waals surface area (Å²) in [5.41, 5.74) is 2.22. The first-order valence-electron chi connectivity index (χ1n) is 6.78. The lowest BCUT2D eigenvalue weighted by molar-refractivity contribution is 0.0955. The number of hydrogen-bond donors (Lipinski definition) is 1. The van der Waals surface area contributed by atoms with Gasteiger partial charge in [0, 0.05) is 11.6 Å². The van der Waals surface area contributed by atoms with Crippen LogP contribution in [0.15, 0.2) is 35.7 Å². The molecule has 104 valence electrons. The van der Waals surface area contributed by atoms with Gasteiger partial charge in [0.2, 0.25) is 0 Å². The number of amides is 1. The first kappa shape index (κ1) is 13.2. The van der Waals surface area contributed by atoms with E-state index in [4.69, 9.17) is 4.74 Å². The fraction of sp³-hybridized carbons (Fsp3) is 0.312. The first-order chi connectivity index (χ1) is 9.70. The van der Waals surface area contributed by atoms with Crippen LogP contribution in [0.5, 0.6) is 5.75 Å². The third-order valence-corrected chi connectivity index (χ3v) is 4.16. The molecule has 3 nitrogen and oxygen atoms in total. The second-order valence-electron chi connectivity index (χ2n) is 5.17. The van der Waals surface area contributed by atoms with Gasteiger partial charge < -0.3 is 10.1 Å². The standard InChI is InChI=1S/C16H17NO2S/c1-11-3-2-4-14(7-11)19-9-12-8-15(20-10-12)16(18)17-13-5-6-13/h2-4,7-8,10,13H,5-6,9H2,1H3,(H,17,18). The van der Waals surface area contributed by atoms with Crippen molar-refractivity contribution in [2.45, 2.75) is 32.4 Å². The molecule has 1 aromatic heterocycles. The van der Waals surface area contributed by atoms with E-state index in [1.54, 1.807) is 0 Å². The zero-order valence-electron chi connectivity index (χ0n) is 11.4. The molecule has 0 spiro atoms. The molecular weight excluding hydrogens is 270 g/mol. The lowest BCUT2D eigenvalue weighted by atomic mass is 10.2. The topological polar surface area (TPSA) is 38.3 Å². The van der Waals surface area contributed by atoms with Crippen molar-refractivity contribution in [1.29, 1.82) is 0 Å². The second kappa shape index (κ2) is 5.67. The maximum atomic E-state index is 11.9. The van der Waals surface area contributed by atoms with E-state index in [0.717, 1.165) is 29.0 Å². The predicted molar refractivity (Wildman–Crippen MR) is 80.3 cm³/mol. The van der Waals surface area contributed by atoms with Gasteiger partial charge in [0.1, 0.15) is 12.4 Å². The zero-order chi connectivity index (χ0) is 13.9. The van der Waals surface area contributed by atoms with Crippen molar-refractivity contribution in [3.8, 4) is 5.75 Å². The van der Waals surface area contributed by atoms with Gasteiger partial charge in [-0.1, -0.05) is 12.1 Å². The van der Waals surface area contributed by atoms with E-state index in [1.165, 1.54) is 16.9 Å². The molecule has 0 radical (unpaired) electrons. The molecule has 3 rings (SSSR count). The molecule has 1 N–H and O–H groups in total. The van der Waals surface area contributed by atoms with Gasteiger partial charge in [0.15, 0.2) is 0 Å². The van der Waals surface area contributed by atoms with E-state index >= 15 is 0 Å². The van der Waals surface area contributed by atoms with Crippen molar-refractivity contribution >= 4 is 17.2 Å². The molecule has 0 bridgehead atoms. The Bertz CT molecular complexity index is 616. The Morgan fingerprint density at radius 2 is 2.25 bits per heavy atom. The van der Waals surface area contributed by atoms with Crippen LogP contribution >= 0.6 is 11.3 Å². The molecule has 0 aliphatic heterocycles. The molecule has 4 heteroatoms. The second-order valence-corrected chi connectivity index (χ2v) is 6.08. The Hall–Kier alpha value is -1.81. The number of benzene rings is 1. The zero-order valence-corrected chi connectivity index (χ0v) is 12.2. The number of hydrogen-bond acceptors (Lipinski definition) is 3. The molecule has 1 saturated carbocycles. The number of rotatable bonds is 5. The largest absolute Gasteiger partial charge is 0.489 e. The van der Waals surface area contributed by atoms with Gasteiger partial charge in [0.05, 0.1) is 4.88 Å². The number of carbonyl (C=O) groups excluding carboxylic acids is 1. The van der Waals surface area contributed by atoms with E-state index in [9.17, 15) is 4.79 Å². The maximum Gasteiger partial charge on any atom is 0.261 e. The molecule has 1 aromatic carbocycles. The molecule has 1 heterocycles. The molecule has 0 unspecified atom stereocenters. The summed E-state index contributed by atoms with van der Waals surface area (Å²) in [7, 11) is 0.